The van der Waals surface area contributed by atoms with Crippen molar-refractivity contribution in [1.82, 2.24) is 9.80 Å². The van der Waals surface area contributed by atoms with Crippen LogP contribution in [-0.2, 0) is 5.88 Å². The van der Waals surface area contributed by atoms with Crippen LogP contribution in [0.4, 0.5) is 0 Å². The molecule has 0 aromatic heterocycles. The molecule has 1 aromatic rings. The highest BCUT2D eigenvalue weighted by atomic mass is 35.5. The van der Waals surface area contributed by atoms with E-state index in [1.165, 1.54) is 0 Å². The first-order valence-corrected chi connectivity index (χ1v) is 7.87. The van der Waals surface area contributed by atoms with Gasteiger partial charge < -0.3 is 4.90 Å². The fraction of sp³-hybridized carbons (Fsp3) is 0.562. The highest BCUT2D eigenvalue weighted by Gasteiger charge is 2.23. The zero-order valence-electron chi connectivity index (χ0n) is 12.3. The van der Waals surface area contributed by atoms with Gasteiger partial charge in [0.2, 0.25) is 0 Å². The number of carbonyl (C=O) groups excluding carboxylic acids is 1. The number of hydrogen-bond donors (Lipinski definition) is 0. The molecule has 0 spiro atoms. The summed E-state index contributed by atoms with van der Waals surface area (Å²) in [6, 6.07) is 8.21. The van der Waals surface area contributed by atoms with E-state index in [9.17, 15) is 4.79 Å². The van der Waals surface area contributed by atoms with Crippen molar-refractivity contribution in [3.63, 3.8) is 0 Å². The lowest BCUT2D eigenvalue weighted by molar-refractivity contribution is 0.0579. The molecule has 110 valence electrons. The summed E-state index contributed by atoms with van der Waals surface area (Å²) < 4.78 is 0. The van der Waals surface area contributed by atoms with E-state index in [0.29, 0.717) is 11.9 Å². The van der Waals surface area contributed by atoms with E-state index in [0.717, 1.165) is 43.7 Å². The van der Waals surface area contributed by atoms with Gasteiger partial charge in [-0.15, -0.1) is 11.6 Å². The minimum atomic E-state index is 0.134. The second kappa shape index (κ2) is 7.09. The van der Waals surface area contributed by atoms with Gasteiger partial charge in [-0.1, -0.05) is 19.1 Å². The third kappa shape index (κ3) is 3.53. The Morgan fingerprint density at radius 3 is 2.30 bits per heavy atom. The molecule has 0 bridgehead atoms. The molecule has 0 radical (unpaired) electrons. The molecular weight excluding hydrogens is 272 g/mol. The van der Waals surface area contributed by atoms with Gasteiger partial charge in [0, 0.05) is 43.7 Å². The van der Waals surface area contributed by atoms with Crippen LogP contribution >= 0.6 is 11.6 Å². The molecule has 1 atom stereocenters. The summed E-state index contributed by atoms with van der Waals surface area (Å²) in [5.74, 6) is 0.622. The summed E-state index contributed by atoms with van der Waals surface area (Å²) >= 11 is 5.77. The fourth-order valence-corrected chi connectivity index (χ4v) is 2.72. The number of piperazine rings is 1. The quantitative estimate of drug-likeness (QED) is 0.797. The van der Waals surface area contributed by atoms with E-state index in [-0.39, 0.29) is 5.91 Å². The van der Waals surface area contributed by atoms with Gasteiger partial charge in [0.05, 0.1) is 0 Å². The monoisotopic (exact) mass is 294 g/mol. The Labute approximate surface area is 126 Å². The first kappa shape index (κ1) is 15.3. The van der Waals surface area contributed by atoms with Crippen LogP contribution in [-0.4, -0.2) is 47.9 Å². The standard InChI is InChI=1S/C16H23ClN2O/c1-3-13(2)18-8-10-19(11-9-18)16(20)15-6-4-14(12-17)5-7-15/h4-7,13H,3,8-12H2,1-2H3. The second-order valence-electron chi connectivity index (χ2n) is 5.42. The summed E-state index contributed by atoms with van der Waals surface area (Å²) in [6.45, 7) is 8.05. The molecule has 1 saturated heterocycles. The molecular formula is C16H23ClN2O. The fourth-order valence-electron chi connectivity index (χ4n) is 2.54. The average Bonchev–Trinajstić information content (AvgIpc) is 2.53. The van der Waals surface area contributed by atoms with Gasteiger partial charge in [-0.25, -0.2) is 0 Å². The first-order chi connectivity index (χ1) is 9.65. The molecule has 1 amide bonds. The predicted molar refractivity (Wildman–Crippen MR) is 83.2 cm³/mol. The van der Waals surface area contributed by atoms with Gasteiger partial charge in [0.1, 0.15) is 0 Å². The molecule has 1 aromatic carbocycles. The maximum absolute atomic E-state index is 12.4. The topological polar surface area (TPSA) is 23.6 Å². The lowest BCUT2D eigenvalue weighted by Gasteiger charge is -2.37. The molecule has 1 fully saturated rings. The lowest BCUT2D eigenvalue weighted by Crippen LogP contribution is -2.51. The summed E-state index contributed by atoms with van der Waals surface area (Å²) in [6.07, 6.45) is 1.16. The van der Waals surface area contributed by atoms with Crippen LogP contribution in [0, 0.1) is 0 Å². The molecule has 20 heavy (non-hydrogen) atoms. The normalized spacial score (nSPS) is 18.1. The van der Waals surface area contributed by atoms with Gasteiger partial charge in [-0.3, -0.25) is 9.69 Å². The average molecular weight is 295 g/mol. The molecule has 1 heterocycles. The van der Waals surface area contributed by atoms with Crippen molar-refractivity contribution in [3.8, 4) is 0 Å². The Bertz CT molecular complexity index is 438. The van der Waals surface area contributed by atoms with E-state index in [1.54, 1.807) is 0 Å². The number of amides is 1. The number of nitrogens with zero attached hydrogens (tertiary/aromatic N) is 2. The van der Waals surface area contributed by atoms with Crippen molar-refractivity contribution in [2.45, 2.75) is 32.2 Å². The van der Waals surface area contributed by atoms with Crippen LogP contribution in [0.25, 0.3) is 0 Å². The maximum Gasteiger partial charge on any atom is 0.253 e. The van der Waals surface area contributed by atoms with Crippen LogP contribution in [0.1, 0.15) is 36.2 Å². The number of halogens is 1. The van der Waals surface area contributed by atoms with Crippen molar-refractivity contribution in [3.05, 3.63) is 35.4 Å². The molecule has 2 rings (SSSR count). The van der Waals surface area contributed by atoms with Gasteiger partial charge in [0.25, 0.3) is 5.91 Å². The van der Waals surface area contributed by atoms with Crippen LogP contribution in [0.2, 0.25) is 0 Å². The lowest BCUT2D eigenvalue weighted by atomic mass is 10.1. The highest BCUT2D eigenvalue weighted by molar-refractivity contribution is 6.17. The molecule has 1 unspecified atom stereocenters. The Kier molecular flexibility index (Phi) is 5.44. The number of rotatable bonds is 4. The van der Waals surface area contributed by atoms with E-state index >= 15 is 0 Å². The van der Waals surface area contributed by atoms with Crippen molar-refractivity contribution in [2.75, 3.05) is 26.2 Å². The summed E-state index contributed by atoms with van der Waals surface area (Å²) in [7, 11) is 0. The Hall–Kier alpha value is -1.06. The molecule has 1 aliphatic heterocycles. The zero-order chi connectivity index (χ0) is 14.5. The van der Waals surface area contributed by atoms with E-state index in [4.69, 9.17) is 11.6 Å². The van der Waals surface area contributed by atoms with Gasteiger partial charge in [0.15, 0.2) is 0 Å². The van der Waals surface area contributed by atoms with Crippen LogP contribution in [0.15, 0.2) is 24.3 Å². The number of carbonyl (C=O) groups is 1. The molecule has 3 nitrogen and oxygen atoms in total. The highest BCUT2D eigenvalue weighted by Crippen LogP contribution is 2.13. The summed E-state index contributed by atoms with van der Waals surface area (Å²) in [5.41, 5.74) is 1.81. The van der Waals surface area contributed by atoms with Crippen LogP contribution in [0.3, 0.4) is 0 Å². The van der Waals surface area contributed by atoms with E-state index in [1.807, 2.05) is 29.2 Å². The van der Waals surface area contributed by atoms with Gasteiger partial charge in [-0.2, -0.15) is 0 Å². The third-order valence-electron chi connectivity index (χ3n) is 4.17. The maximum atomic E-state index is 12.4. The Morgan fingerprint density at radius 1 is 1.20 bits per heavy atom. The molecule has 0 N–H and O–H groups in total. The SMILES string of the molecule is CCC(C)N1CCN(C(=O)c2ccc(CCl)cc2)CC1. The molecule has 1 aliphatic rings. The van der Waals surface area contributed by atoms with E-state index in [2.05, 4.69) is 18.7 Å². The van der Waals surface area contributed by atoms with Crippen molar-refractivity contribution >= 4 is 17.5 Å². The summed E-state index contributed by atoms with van der Waals surface area (Å²) in [4.78, 5) is 16.8. The van der Waals surface area contributed by atoms with Gasteiger partial charge >= 0.3 is 0 Å². The van der Waals surface area contributed by atoms with Gasteiger partial charge in [-0.05, 0) is 31.0 Å². The van der Waals surface area contributed by atoms with Crippen molar-refractivity contribution in [2.24, 2.45) is 0 Å². The largest absolute Gasteiger partial charge is 0.336 e. The summed E-state index contributed by atoms with van der Waals surface area (Å²) in [5, 5.41) is 0. The van der Waals surface area contributed by atoms with Crippen molar-refractivity contribution in [1.29, 1.82) is 0 Å². The molecule has 0 aliphatic carbocycles. The van der Waals surface area contributed by atoms with E-state index < -0.39 is 0 Å². The van der Waals surface area contributed by atoms with Crippen molar-refractivity contribution < 1.29 is 4.79 Å². The molecule has 0 saturated carbocycles. The predicted octanol–water partition coefficient (Wildman–Crippen LogP) is 2.98. The minimum absolute atomic E-state index is 0.134. The third-order valence-corrected chi connectivity index (χ3v) is 4.48. The minimum Gasteiger partial charge on any atom is -0.336 e. The first-order valence-electron chi connectivity index (χ1n) is 7.34. The Balaban J connectivity index is 1.94. The number of alkyl halides is 1. The van der Waals surface area contributed by atoms with Crippen LogP contribution in [0.5, 0.6) is 0 Å². The number of benzene rings is 1. The number of hydrogen-bond acceptors (Lipinski definition) is 2. The zero-order valence-corrected chi connectivity index (χ0v) is 13.1. The smallest absolute Gasteiger partial charge is 0.253 e. The Morgan fingerprint density at radius 2 is 1.80 bits per heavy atom. The molecule has 4 heteroatoms. The van der Waals surface area contributed by atoms with Crippen LogP contribution < -0.4 is 0 Å². The second-order valence-corrected chi connectivity index (χ2v) is 5.68.